The van der Waals surface area contributed by atoms with Gasteiger partial charge in [-0.1, -0.05) is 19.1 Å². The van der Waals surface area contributed by atoms with Crippen LogP contribution in [0.1, 0.15) is 30.3 Å². The molecule has 1 aromatic carbocycles. The van der Waals surface area contributed by atoms with Crippen molar-refractivity contribution < 1.29 is 4.74 Å². The zero-order valence-electron chi connectivity index (χ0n) is 12.5. The number of benzene rings is 1. The Morgan fingerprint density at radius 3 is 2.65 bits per heavy atom. The van der Waals surface area contributed by atoms with Crippen molar-refractivity contribution in [1.82, 2.24) is 9.97 Å². The summed E-state index contributed by atoms with van der Waals surface area (Å²) < 4.78 is 5.90. The predicted molar refractivity (Wildman–Crippen MR) is 81.5 cm³/mol. The lowest BCUT2D eigenvalue weighted by atomic mass is 10.1. The van der Waals surface area contributed by atoms with E-state index in [-0.39, 0.29) is 0 Å². The summed E-state index contributed by atoms with van der Waals surface area (Å²) in [5.74, 6) is 2.92. The SMILES string of the molecule is CCCNc1cc(Oc2cc(C)ccc2C)nc(C)n1. The molecule has 2 rings (SSSR count). The molecule has 1 aromatic heterocycles. The van der Waals surface area contributed by atoms with E-state index >= 15 is 0 Å². The number of nitrogens with zero attached hydrogens (tertiary/aromatic N) is 2. The zero-order chi connectivity index (χ0) is 14.5. The first-order valence-corrected chi connectivity index (χ1v) is 6.93. The number of hydrogen-bond donors (Lipinski definition) is 1. The van der Waals surface area contributed by atoms with Crippen LogP contribution in [-0.2, 0) is 0 Å². The third kappa shape index (κ3) is 3.70. The second-order valence-electron chi connectivity index (χ2n) is 4.94. The Morgan fingerprint density at radius 2 is 1.90 bits per heavy atom. The van der Waals surface area contributed by atoms with Gasteiger partial charge in [0.15, 0.2) is 0 Å². The fourth-order valence-electron chi connectivity index (χ4n) is 1.87. The molecular formula is C16H21N3O. The number of nitrogens with one attached hydrogen (secondary N) is 1. The van der Waals surface area contributed by atoms with Crippen molar-refractivity contribution >= 4 is 5.82 Å². The highest BCUT2D eigenvalue weighted by Crippen LogP contribution is 2.26. The normalized spacial score (nSPS) is 10.4. The van der Waals surface area contributed by atoms with E-state index in [1.54, 1.807) is 0 Å². The van der Waals surface area contributed by atoms with Gasteiger partial charge in [0.05, 0.1) is 0 Å². The number of ether oxygens (including phenoxy) is 1. The topological polar surface area (TPSA) is 47.0 Å². The van der Waals surface area contributed by atoms with Crippen molar-refractivity contribution in [3.05, 3.63) is 41.2 Å². The molecule has 0 aliphatic carbocycles. The molecule has 1 N–H and O–H groups in total. The highest BCUT2D eigenvalue weighted by Gasteiger charge is 2.06. The summed E-state index contributed by atoms with van der Waals surface area (Å²) in [4.78, 5) is 8.69. The van der Waals surface area contributed by atoms with Gasteiger partial charge in [-0.3, -0.25) is 0 Å². The molecule has 4 heteroatoms. The van der Waals surface area contributed by atoms with Gasteiger partial charge in [-0.2, -0.15) is 4.98 Å². The van der Waals surface area contributed by atoms with E-state index in [0.29, 0.717) is 11.7 Å². The molecule has 20 heavy (non-hydrogen) atoms. The third-order valence-corrected chi connectivity index (χ3v) is 2.93. The minimum absolute atomic E-state index is 0.574. The van der Waals surface area contributed by atoms with Crippen LogP contribution in [0.3, 0.4) is 0 Å². The summed E-state index contributed by atoms with van der Waals surface area (Å²) in [5, 5.41) is 3.26. The maximum absolute atomic E-state index is 5.90. The molecule has 2 aromatic rings. The Labute approximate surface area is 120 Å². The fraction of sp³-hybridized carbons (Fsp3) is 0.375. The highest BCUT2D eigenvalue weighted by molar-refractivity contribution is 5.42. The average Bonchev–Trinajstić information content (AvgIpc) is 2.40. The third-order valence-electron chi connectivity index (χ3n) is 2.93. The van der Waals surface area contributed by atoms with Crippen LogP contribution in [0.25, 0.3) is 0 Å². The van der Waals surface area contributed by atoms with E-state index in [1.165, 1.54) is 5.56 Å². The van der Waals surface area contributed by atoms with Crippen molar-refractivity contribution in [1.29, 1.82) is 0 Å². The molecule has 0 saturated heterocycles. The minimum Gasteiger partial charge on any atom is -0.439 e. The van der Waals surface area contributed by atoms with Gasteiger partial charge in [-0.05, 0) is 44.4 Å². The van der Waals surface area contributed by atoms with Crippen LogP contribution in [0, 0.1) is 20.8 Å². The van der Waals surface area contributed by atoms with Gasteiger partial charge >= 0.3 is 0 Å². The van der Waals surface area contributed by atoms with Crippen molar-refractivity contribution in [2.45, 2.75) is 34.1 Å². The van der Waals surface area contributed by atoms with Crippen LogP contribution in [0.15, 0.2) is 24.3 Å². The second kappa shape index (κ2) is 6.37. The van der Waals surface area contributed by atoms with Gasteiger partial charge in [-0.25, -0.2) is 4.98 Å². The molecule has 106 valence electrons. The van der Waals surface area contributed by atoms with Crippen LogP contribution in [0.2, 0.25) is 0 Å². The predicted octanol–water partition coefficient (Wildman–Crippen LogP) is 4.02. The fourth-order valence-corrected chi connectivity index (χ4v) is 1.87. The van der Waals surface area contributed by atoms with Crippen LogP contribution < -0.4 is 10.1 Å². The Kier molecular flexibility index (Phi) is 4.56. The van der Waals surface area contributed by atoms with E-state index in [9.17, 15) is 0 Å². The summed E-state index contributed by atoms with van der Waals surface area (Å²) in [5.41, 5.74) is 2.26. The number of rotatable bonds is 5. The highest BCUT2D eigenvalue weighted by atomic mass is 16.5. The minimum atomic E-state index is 0.574. The van der Waals surface area contributed by atoms with Gasteiger partial charge in [0, 0.05) is 12.6 Å². The van der Waals surface area contributed by atoms with E-state index in [0.717, 1.165) is 30.1 Å². The number of aromatic nitrogens is 2. The Bertz CT molecular complexity index is 596. The van der Waals surface area contributed by atoms with Gasteiger partial charge in [-0.15, -0.1) is 0 Å². The molecule has 0 aliphatic rings. The monoisotopic (exact) mass is 271 g/mol. The summed E-state index contributed by atoms with van der Waals surface area (Å²) in [7, 11) is 0. The lowest BCUT2D eigenvalue weighted by Crippen LogP contribution is -2.04. The van der Waals surface area contributed by atoms with Crippen LogP contribution in [0.5, 0.6) is 11.6 Å². The first-order valence-electron chi connectivity index (χ1n) is 6.93. The Balaban J connectivity index is 2.24. The van der Waals surface area contributed by atoms with E-state index < -0.39 is 0 Å². The van der Waals surface area contributed by atoms with Crippen molar-refractivity contribution in [3.63, 3.8) is 0 Å². The van der Waals surface area contributed by atoms with Crippen LogP contribution >= 0.6 is 0 Å². The zero-order valence-corrected chi connectivity index (χ0v) is 12.5. The van der Waals surface area contributed by atoms with Crippen molar-refractivity contribution in [3.8, 4) is 11.6 Å². The number of anilines is 1. The second-order valence-corrected chi connectivity index (χ2v) is 4.94. The van der Waals surface area contributed by atoms with Crippen molar-refractivity contribution in [2.75, 3.05) is 11.9 Å². The first-order chi connectivity index (χ1) is 9.58. The molecule has 0 fully saturated rings. The molecule has 0 radical (unpaired) electrons. The van der Waals surface area contributed by atoms with Crippen LogP contribution in [0.4, 0.5) is 5.82 Å². The summed E-state index contributed by atoms with van der Waals surface area (Å²) in [6.07, 6.45) is 1.05. The van der Waals surface area contributed by atoms with Gasteiger partial charge in [0.2, 0.25) is 5.88 Å². The largest absolute Gasteiger partial charge is 0.439 e. The molecule has 0 aliphatic heterocycles. The summed E-state index contributed by atoms with van der Waals surface area (Å²) in [6.45, 7) is 8.95. The standard InChI is InChI=1S/C16H21N3O/c1-5-8-17-15-10-16(19-13(4)18-15)20-14-9-11(2)6-7-12(14)3/h6-7,9-10H,5,8H2,1-4H3,(H,17,18,19). The number of hydrogen-bond acceptors (Lipinski definition) is 4. The first kappa shape index (κ1) is 14.3. The van der Waals surface area contributed by atoms with E-state index in [2.05, 4.69) is 34.3 Å². The summed E-state index contributed by atoms with van der Waals surface area (Å²) in [6, 6.07) is 7.98. The quantitative estimate of drug-likeness (QED) is 0.892. The van der Waals surface area contributed by atoms with E-state index in [1.807, 2.05) is 32.9 Å². The molecule has 0 bridgehead atoms. The molecule has 0 unspecified atom stereocenters. The maximum atomic E-state index is 5.90. The molecule has 0 spiro atoms. The Hall–Kier alpha value is -2.10. The van der Waals surface area contributed by atoms with Gasteiger partial charge in [0.25, 0.3) is 0 Å². The average molecular weight is 271 g/mol. The number of aryl methyl sites for hydroxylation is 3. The molecule has 1 heterocycles. The maximum Gasteiger partial charge on any atom is 0.224 e. The van der Waals surface area contributed by atoms with E-state index in [4.69, 9.17) is 4.74 Å². The van der Waals surface area contributed by atoms with Gasteiger partial charge < -0.3 is 10.1 Å². The lowest BCUT2D eigenvalue weighted by Gasteiger charge is -2.11. The molecule has 4 nitrogen and oxygen atoms in total. The van der Waals surface area contributed by atoms with Gasteiger partial charge in [0.1, 0.15) is 17.4 Å². The molecule has 0 amide bonds. The van der Waals surface area contributed by atoms with Crippen LogP contribution in [-0.4, -0.2) is 16.5 Å². The molecular weight excluding hydrogens is 250 g/mol. The summed E-state index contributed by atoms with van der Waals surface area (Å²) >= 11 is 0. The smallest absolute Gasteiger partial charge is 0.224 e. The molecule has 0 saturated carbocycles. The molecule has 0 atom stereocenters. The lowest BCUT2D eigenvalue weighted by molar-refractivity contribution is 0.456. The Morgan fingerprint density at radius 1 is 1.10 bits per heavy atom. The van der Waals surface area contributed by atoms with Crippen molar-refractivity contribution in [2.24, 2.45) is 0 Å².